The van der Waals surface area contributed by atoms with Gasteiger partial charge in [0.15, 0.2) is 9.84 Å². The largest absolute Gasteiger partial charge is 0.343 e. The molecule has 0 radical (unpaired) electrons. The fraction of sp³-hybridized carbons (Fsp3) is 0.318. The number of aromatic nitrogens is 3. The second kappa shape index (κ2) is 8.39. The highest BCUT2D eigenvalue weighted by molar-refractivity contribution is 7.90. The molecule has 1 amide bonds. The summed E-state index contributed by atoms with van der Waals surface area (Å²) in [6.07, 6.45) is 1.16. The number of nitrogens with zero attached hydrogens (tertiary/aromatic N) is 3. The van der Waals surface area contributed by atoms with Crippen LogP contribution in [-0.2, 0) is 9.84 Å². The van der Waals surface area contributed by atoms with E-state index < -0.39 is 15.7 Å². The molecule has 30 heavy (non-hydrogen) atoms. The number of hydrogen-bond donors (Lipinski definition) is 1. The van der Waals surface area contributed by atoms with Crippen molar-refractivity contribution >= 4 is 15.7 Å². The van der Waals surface area contributed by atoms with Crippen molar-refractivity contribution in [3.63, 3.8) is 0 Å². The molecule has 0 spiro atoms. The summed E-state index contributed by atoms with van der Waals surface area (Å²) in [5.74, 6) is 0.625. The molecule has 158 valence electrons. The van der Waals surface area contributed by atoms with E-state index in [1.54, 1.807) is 16.8 Å². The van der Waals surface area contributed by atoms with E-state index in [9.17, 15) is 13.2 Å². The first kappa shape index (κ1) is 21.7. The first-order chi connectivity index (χ1) is 14.1. The van der Waals surface area contributed by atoms with Gasteiger partial charge in [-0.3, -0.25) is 4.79 Å². The van der Waals surface area contributed by atoms with E-state index in [0.29, 0.717) is 11.7 Å². The Morgan fingerprint density at radius 3 is 2.27 bits per heavy atom. The van der Waals surface area contributed by atoms with Gasteiger partial charge in [-0.1, -0.05) is 44.2 Å². The number of aryl methyl sites for hydroxylation is 1. The highest BCUT2D eigenvalue weighted by atomic mass is 32.2. The zero-order valence-electron chi connectivity index (χ0n) is 17.7. The molecule has 1 atom stereocenters. The monoisotopic (exact) mass is 426 g/mol. The SMILES string of the molecule is Cc1nc(C(=O)NC(C)c2ccc(S(C)(=O)=O)cc2)nn1-c1ccccc1C(C)C. The minimum absolute atomic E-state index is 0.0886. The predicted molar refractivity (Wildman–Crippen MR) is 116 cm³/mol. The third kappa shape index (κ3) is 4.59. The van der Waals surface area contributed by atoms with Crippen molar-refractivity contribution in [2.45, 2.75) is 44.6 Å². The van der Waals surface area contributed by atoms with Gasteiger partial charge in [0, 0.05) is 6.26 Å². The fourth-order valence-electron chi connectivity index (χ4n) is 3.23. The van der Waals surface area contributed by atoms with Gasteiger partial charge in [0.1, 0.15) is 5.82 Å². The van der Waals surface area contributed by atoms with Crippen LogP contribution in [0.25, 0.3) is 5.69 Å². The topological polar surface area (TPSA) is 93.9 Å². The molecule has 3 rings (SSSR count). The second-order valence-electron chi connectivity index (χ2n) is 7.64. The van der Waals surface area contributed by atoms with E-state index in [1.807, 2.05) is 38.1 Å². The number of hydrogen-bond acceptors (Lipinski definition) is 5. The van der Waals surface area contributed by atoms with Gasteiger partial charge in [-0.15, -0.1) is 5.10 Å². The summed E-state index contributed by atoms with van der Waals surface area (Å²) >= 11 is 0. The summed E-state index contributed by atoms with van der Waals surface area (Å²) in [6, 6.07) is 14.0. The summed E-state index contributed by atoms with van der Waals surface area (Å²) < 4.78 is 24.9. The summed E-state index contributed by atoms with van der Waals surface area (Å²) in [7, 11) is -3.26. The number of carbonyl (C=O) groups excluding carboxylic acids is 1. The van der Waals surface area contributed by atoms with Crippen LogP contribution in [0.15, 0.2) is 53.4 Å². The molecule has 0 aliphatic heterocycles. The number of carbonyl (C=O) groups is 1. The third-order valence-corrected chi connectivity index (χ3v) is 6.04. The Kier molecular flexibility index (Phi) is 6.07. The lowest BCUT2D eigenvalue weighted by Gasteiger charge is -2.14. The van der Waals surface area contributed by atoms with Gasteiger partial charge in [0.2, 0.25) is 5.82 Å². The molecule has 1 unspecified atom stereocenters. The maximum Gasteiger partial charge on any atom is 0.291 e. The highest BCUT2D eigenvalue weighted by Gasteiger charge is 2.20. The van der Waals surface area contributed by atoms with Crippen LogP contribution in [-0.4, -0.2) is 35.3 Å². The van der Waals surface area contributed by atoms with Gasteiger partial charge in [-0.05, 0) is 49.1 Å². The van der Waals surface area contributed by atoms with E-state index >= 15 is 0 Å². The quantitative estimate of drug-likeness (QED) is 0.650. The molecule has 2 aromatic carbocycles. The summed E-state index contributed by atoms with van der Waals surface area (Å²) in [5.41, 5.74) is 2.81. The molecular weight excluding hydrogens is 400 g/mol. The zero-order chi connectivity index (χ0) is 22.1. The Balaban J connectivity index is 1.81. The van der Waals surface area contributed by atoms with E-state index in [0.717, 1.165) is 23.1 Å². The van der Waals surface area contributed by atoms with Gasteiger partial charge in [-0.2, -0.15) is 0 Å². The fourth-order valence-corrected chi connectivity index (χ4v) is 3.86. The Bertz CT molecular complexity index is 1170. The molecular formula is C22H26N4O3S. The van der Waals surface area contributed by atoms with Gasteiger partial charge in [-0.25, -0.2) is 18.1 Å². The van der Waals surface area contributed by atoms with Crippen molar-refractivity contribution in [3.8, 4) is 5.69 Å². The zero-order valence-corrected chi connectivity index (χ0v) is 18.6. The number of nitrogens with one attached hydrogen (secondary N) is 1. The standard InChI is InChI=1S/C22H26N4O3S/c1-14(2)19-8-6-7-9-20(19)26-16(4)24-21(25-26)22(27)23-15(3)17-10-12-18(13-11-17)30(5,28)29/h6-15H,1-5H3,(H,23,27). The van der Waals surface area contributed by atoms with Crippen molar-refractivity contribution in [3.05, 3.63) is 71.3 Å². The van der Waals surface area contributed by atoms with Crippen LogP contribution < -0.4 is 5.32 Å². The average molecular weight is 427 g/mol. The van der Waals surface area contributed by atoms with E-state index in [1.165, 1.54) is 12.1 Å². The highest BCUT2D eigenvalue weighted by Crippen LogP contribution is 2.23. The van der Waals surface area contributed by atoms with Crippen molar-refractivity contribution in [1.82, 2.24) is 20.1 Å². The van der Waals surface area contributed by atoms with Crippen LogP contribution in [0.3, 0.4) is 0 Å². The smallest absolute Gasteiger partial charge is 0.291 e. The van der Waals surface area contributed by atoms with Crippen LogP contribution in [0.1, 0.15) is 60.3 Å². The summed E-state index contributed by atoms with van der Waals surface area (Å²) in [5, 5.41) is 7.30. The first-order valence-electron chi connectivity index (χ1n) is 9.71. The molecule has 8 heteroatoms. The molecule has 0 aliphatic rings. The van der Waals surface area contributed by atoms with E-state index in [4.69, 9.17) is 0 Å². The molecule has 1 N–H and O–H groups in total. The average Bonchev–Trinajstić information content (AvgIpc) is 3.09. The third-order valence-electron chi connectivity index (χ3n) is 4.91. The summed E-state index contributed by atoms with van der Waals surface area (Å²) in [4.78, 5) is 17.3. The maximum atomic E-state index is 12.7. The van der Waals surface area contributed by atoms with Crippen LogP contribution >= 0.6 is 0 Å². The second-order valence-corrected chi connectivity index (χ2v) is 9.66. The molecule has 7 nitrogen and oxygen atoms in total. The lowest BCUT2D eigenvalue weighted by molar-refractivity contribution is 0.0929. The Morgan fingerprint density at radius 2 is 1.67 bits per heavy atom. The molecule has 1 aromatic heterocycles. The molecule has 1 heterocycles. The van der Waals surface area contributed by atoms with Crippen molar-refractivity contribution in [2.75, 3.05) is 6.26 Å². The minimum atomic E-state index is -3.26. The molecule has 3 aromatic rings. The number of para-hydroxylation sites is 1. The van der Waals surface area contributed by atoms with Crippen LogP contribution in [0.4, 0.5) is 0 Å². The number of benzene rings is 2. The van der Waals surface area contributed by atoms with Crippen molar-refractivity contribution in [2.24, 2.45) is 0 Å². The molecule has 0 saturated heterocycles. The van der Waals surface area contributed by atoms with Gasteiger partial charge < -0.3 is 5.32 Å². The minimum Gasteiger partial charge on any atom is -0.343 e. The van der Waals surface area contributed by atoms with Gasteiger partial charge in [0.05, 0.1) is 16.6 Å². The van der Waals surface area contributed by atoms with E-state index in [-0.39, 0.29) is 16.8 Å². The Morgan fingerprint density at radius 1 is 1.03 bits per heavy atom. The Labute approximate surface area is 177 Å². The lowest BCUT2D eigenvalue weighted by Crippen LogP contribution is -2.27. The molecule has 0 aliphatic carbocycles. The Hall–Kier alpha value is -3.00. The predicted octanol–water partition coefficient (Wildman–Crippen LogP) is 3.59. The molecule has 0 bridgehead atoms. The van der Waals surface area contributed by atoms with Gasteiger partial charge >= 0.3 is 0 Å². The summed E-state index contributed by atoms with van der Waals surface area (Å²) in [6.45, 7) is 7.85. The van der Waals surface area contributed by atoms with Crippen molar-refractivity contribution in [1.29, 1.82) is 0 Å². The first-order valence-corrected chi connectivity index (χ1v) is 11.6. The van der Waals surface area contributed by atoms with Crippen LogP contribution in [0.5, 0.6) is 0 Å². The van der Waals surface area contributed by atoms with Gasteiger partial charge in [0.25, 0.3) is 5.91 Å². The molecule has 0 fully saturated rings. The number of amides is 1. The number of sulfone groups is 1. The van der Waals surface area contributed by atoms with E-state index in [2.05, 4.69) is 29.2 Å². The lowest BCUT2D eigenvalue weighted by atomic mass is 10.0. The van der Waals surface area contributed by atoms with Crippen molar-refractivity contribution < 1.29 is 13.2 Å². The maximum absolute atomic E-state index is 12.7. The number of rotatable bonds is 6. The molecule has 0 saturated carbocycles. The van der Waals surface area contributed by atoms with Crippen LogP contribution in [0, 0.1) is 6.92 Å². The van der Waals surface area contributed by atoms with Crippen LogP contribution in [0.2, 0.25) is 0 Å². The normalized spacial score (nSPS) is 12.7.